The zero-order chi connectivity index (χ0) is 18.5. The van der Waals surface area contributed by atoms with E-state index in [9.17, 15) is 9.59 Å². The Morgan fingerprint density at radius 1 is 1.08 bits per heavy atom. The topological polar surface area (TPSA) is 76.7 Å². The third-order valence-corrected chi connectivity index (χ3v) is 4.20. The molecule has 26 heavy (non-hydrogen) atoms. The molecule has 0 fully saturated rings. The number of hydrogen-bond acceptors (Lipinski definition) is 4. The molecule has 136 valence electrons. The van der Waals surface area contributed by atoms with Gasteiger partial charge in [-0.05, 0) is 42.3 Å². The van der Waals surface area contributed by atoms with Gasteiger partial charge in [-0.3, -0.25) is 9.59 Å². The van der Waals surface area contributed by atoms with E-state index in [1.807, 2.05) is 12.1 Å². The van der Waals surface area contributed by atoms with E-state index in [4.69, 9.17) is 21.1 Å². The van der Waals surface area contributed by atoms with E-state index in [0.29, 0.717) is 23.1 Å². The molecule has 0 saturated carbocycles. The molecule has 6 nitrogen and oxygen atoms in total. The summed E-state index contributed by atoms with van der Waals surface area (Å²) in [5, 5.41) is 6.11. The number of nitrogens with one attached hydrogen (secondary N) is 2. The minimum absolute atomic E-state index is 0.191. The number of ether oxygens (including phenoxy) is 2. The molecule has 0 aliphatic carbocycles. The predicted octanol–water partition coefficient (Wildman–Crippen LogP) is 2.43. The minimum atomic E-state index is -0.635. The van der Waals surface area contributed by atoms with Gasteiger partial charge in [0.15, 0.2) is 11.5 Å². The first-order chi connectivity index (χ1) is 12.5. The fourth-order valence-corrected chi connectivity index (χ4v) is 2.66. The average Bonchev–Trinajstić information content (AvgIpc) is 3.09. The predicted molar refractivity (Wildman–Crippen MR) is 97.2 cm³/mol. The maximum Gasteiger partial charge on any atom is 0.242 e. The van der Waals surface area contributed by atoms with Crippen molar-refractivity contribution in [2.75, 3.05) is 6.79 Å². The normalized spacial score (nSPS) is 13.2. The lowest BCUT2D eigenvalue weighted by atomic mass is 10.1. The quantitative estimate of drug-likeness (QED) is 0.814. The van der Waals surface area contributed by atoms with Gasteiger partial charge in [-0.1, -0.05) is 29.8 Å². The van der Waals surface area contributed by atoms with Gasteiger partial charge in [-0.2, -0.15) is 0 Å². The number of carbonyl (C=O) groups is 2. The molecule has 1 aliphatic heterocycles. The van der Waals surface area contributed by atoms with Crippen LogP contribution in [-0.2, 0) is 22.6 Å². The number of fused-ring (bicyclic) bond motifs is 1. The Morgan fingerprint density at radius 2 is 1.77 bits per heavy atom. The Hall–Kier alpha value is -2.73. The molecule has 0 bridgehead atoms. The smallest absolute Gasteiger partial charge is 0.242 e. The molecule has 1 aliphatic rings. The summed E-state index contributed by atoms with van der Waals surface area (Å²) in [7, 11) is 0. The highest BCUT2D eigenvalue weighted by Crippen LogP contribution is 2.32. The number of hydrogen-bond donors (Lipinski definition) is 2. The van der Waals surface area contributed by atoms with E-state index in [2.05, 4.69) is 10.6 Å². The van der Waals surface area contributed by atoms with Crippen LogP contribution in [0.3, 0.4) is 0 Å². The number of benzene rings is 2. The second-order valence-corrected chi connectivity index (χ2v) is 6.43. The highest BCUT2D eigenvalue weighted by atomic mass is 35.5. The van der Waals surface area contributed by atoms with Gasteiger partial charge in [-0.25, -0.2) is 0 Å². The van der Waals surface area contributed by atoms with Gasteiger partial charge in [0, 0.05) is 11.6 Å². The summed E-state index contributed by atoms with van der Waals surface area (Å²) in [6.45, 7) is 2.20. The van der Waals surface area contributed by atoms with Gasteiger partial charge in [0.25, 0.3) is 0 Å². The van der Waals surface area contributed by atoms with Crippen molar-refractivity contribution in [3.63, 3.8) is 0 Å². The van der Waals surface area contributed by atoms with Gasteiger partial charge in [-0.15, -0.1) is 0 Å². The molecule has 2 aromatic rings. The van der Waals surface area contributed by atoms with Crippen molar-refractivity contribution >= 4 is 23.4 Å². The first-order valence-electron chi connectivity index (χ1n) is 8.21. The standard InChI is InChI=1S/C19H19ClN2O4/c1-12(22-18(23)9-13-2-5-15(20)6-3-13)19(24)21-10-14-4-7-16-17(8-14)26-11-25-16/h2-8,12H,9-11H2,1H3,(H,21,24)(H,22,23)/t12-/m0/s1. The Morgan fingerprint density at radius 3 is 2.54 bits per heavy atom. The molecule has 0 unspecified atom stereocenters. The second-order valence-electron chi connectivity index (χ2n) is 6.00. The molecule has 7 heteroatoms. The van der Waals surface area contributed by atoms with Crippen molar-refractivity contribution in [3.8, 4) is 11.5 Å². The zero-order valence-electron chi connectivity index (χ0n) is 14.3. The molecule has 0 saturated heterocycles. The maximum absolute atomic E-state index is 12.2. The summed E-state index contributed by atoms with van der Waals surface area (Å²) >= 11 is 5.82. The van der Waals surface area contributed by atoms with Gasteiger partial charge in [0.1, 0.15) is 6.04 Å². The van der Waals surface area contributed by atoms with E-state index in [1.165, 1.54) is 0 Å². The summed E-state index contributed by atoms with van der Waals surface area (Å²) in [6.07, 6.45) is 0.191. The molecule has 2 N–H and O–H groups in total. The molecular weight excluding hydrogens is 356 g/mol. The van der Waals surface area contributed by atoms with Gasteiger partial charge >= 0.3 is 0 Å². The molecule has 1 atom stereocenters. The summed E-state index contributed by atoms with van der Waals surface area (Å²) in [4.78, 5) is 24.2. The molecule has 0 spiro atoms. The zero-order valence-corrected chi connectivity index (χ0v) is 15.0. The van der Waals surface area contributed by atoms with Crippen LogP contribution in [0.5, 0.6) is 11.5 Å². The maximum atomic E-state index is 12.2. The van der Waals surface area contributed by atoms with Crippen molar-refractivity contribution in [2.45, 2.75) is 25.9 Å². The van der Waals surface area contributed by atoms with Gasteiger partial charge in [0.2, 0.25) is 18.6 Å². The summed E-state index contributed by atoms with van der Waals surface area (Å²) < 4.78 is 10.6. The molecular formula is C19H19ClN2O4. The molecule has 2 amide bonds. The molecule has 3 rings (SSSR count). The minimum Gasteiger partial charge on any atom is -0.454 e. The number of halogens is 1. The number of carbonyl (C=O) groups excluding carboxylic acids is 2. The van der Waals surface area contributed by atoms with Crippen LogP contribution in [0.2, 0.25) is 5.02 Å². The number of amides is 2. The van der Waals surface area contributed by atoms with E-state index in [0.717, 1.165) is 11.1 Å². The largest absolute Gasteiger partial charge is 0.454 e. The van der Waals surface area contributed by atoms with Crippen molar-refractivity contribution in [3.05, 3.63) is 58.6 Å². The molecule has 2 aromatic carbocycles. The highest BCUT2D eigenvalue weighted by Gasteiger charge is 2.17. The Bertz CT molecular complexity index is 808. The lowest BCUT2D eigenvalue weighted by molar-refractivity contribution is -0.128. The van der Waals surface area contributed by atoms with Crippen LogP contribution in [0, 0.1) is 0 Å². The lowest BCUT2D eigenvalue weighted by Crippen LogP contribution is -2.45. The fourth-order valence-electron chi connectivity index (χ4n) is 2.54. The van der Waals surface area contributed by atoms with E-state index < -0.39 is 6.04 Å². The van der Waals surface area contributed by atoms with Crippen LogP contribution in [-0.4, -0.2) is 24.6 Å². The lowest BCUT2D eigenvalue weighted by Gasteiger charge is -2.14. The van der Waals surface area contributed by atoms with Gasteiger partial charge in [0.05, 0.1) is 6.42 Å². The highest BCUT2D eigenvalue weighted by molar-refractivity contribution is 6.30. The van der Waals surface area contributed by atoms with E-state index in [1.54, 1.807) is 37.3 Å². The number of rotatable bonds is 6. The third kappa shape index (κ3) is 4.67. The second kappa shape index (κ2) is 8.10. The Balaban J connectivity index is 1.46. The molecule has 0 aromatic heterocycles. The SMILES string of the molecule is C[C@H](NC(=O)Cc1ccc(Cl)cc1)C(=O)NCc1ccc2c(c1)OCO2. The van der Waals surface area contributed by atoms with Crippen LogP contribution in [0.25, 0.3) is 0 Å². The van der Waals surface area contributed by atoms with Crippen LogP contribution in [0.1, 0.15) is 18.1 Å². The van der Waals surface area contributed by atoms with Crippen LogP contribution >= 0.6 is 11.6 Å². The summed E-state index contributed by atoms with van der Waals surface area (Å²) in [5.74, 6) is 0.883. The van der Waals surface area contributed by atoms with Crippen molar-refractivity contribution < 1.29 is 19.1 Å². The molecule has 1 heterocycles. The monoisotopic (exact) mass is 374 g/mol. The van der Waals surface area contributed by atoms with Crippen molar-refractivity contribution in [2.24, 2.45) is 0 Å². The van der Waals surface area contributed by atoms with Gasteiger partial charge < -0.3 is 20.1 Å². The Labute approximate surface area is 156 Å². The first-order valence-corrected chi connectivity index (χ1v) is 8.59. The van der Waals surface area contributed by atoms with Crippen LogP contribution < -0.4 is 20.1 Å². The average molecular weight is 375 g/mol. The van der Waals surface area contributed by atoms with Crippen LogP contribution in [0.4, 0.5) is 0 Å². The Kier molecular flexibility index (Phi) is 5.63. The fraction of sp³-hybridized carbons (Fsp3) is 0.263. The molecule has 0 radical (unpaired) electrons. The van der Waals surface area contributed by atoms with Crippen molar-refractivity contribution in [1.29, 1.82) is 0 Å². The van der Waals surface area contributed by atoms with E-state index >= 15 is 0 Å². The summed E-state index contributed by atoms with van der Waals surface area (Å²) in [6, 6.07) is 11.9. The summed E-state index contributed by atoms with van der Waals surface area (Å²) in [5.41, 5.74) is 1.72. The van der Waals surface area contributed by atoms with Crippen LogP contribution in [0.15, 0.2) is 42.5 Å². The third-order valence-electron chi connectivity index (χ3n) is 3.95. The first kappa shape index (κ1) is 18.1. The van der Waals surface area contributed by atoms with Crippen molar-refractivity contribution in [1.82, 2.24) is 10.6 Å². The van der Waals surface area contributed by atoms with E-state index in [-0.39, 0.29) is 25.0 Å².